The van der Waals surface area contributed by atoms with Crippen LogP contribution in [0.2, 0.25) is 0 Å². The van der Waals surface area contributed by atoms with Crippen molar-refractivity contribution in [1.82, 2.24) is 19.9 Å². The van der Waals surface area contributed by atoms with Crippen molar-refractivity contribution >= 4 is 29.0 Å². The van der Waals surface area contributed by atoms with Crippen LogP contribution in [0, 0.1) is 6.92 Å². The van der Waals surface area contributed by atoms with Crippen LogP contribution in [0.4, 0.5) is 5.82 Å². The van der Waals surface area contributed by atoms with E-state index in [1.807, 2.05) is 11.8 Å². The number of carbonyl (C=O) groups is 2. The number of thiazole rings is 1. The van der Waals surface area contributed by atoms with E-state index in [9.17, 15) is 9.59 Å². The van der Waals surface area contributed by atoms with Gasteiger partial charge in [0.05, 0.1) is 18.1 Å². The second-order valence-electron chi connectivity index (χ2n) is 7.32. The van der Waals surface area contributed by atoms with E-state index in [-0.39, 0.29) is 17.2 Å². The third kappa shape index (κ3) is 2.68. The van der Waals surface area contributed by atoms with E-state index in [2.05, 4.69) is 11.9 Å². The molecule has 0 bridgehead atoms. The molecular weight excluding hydrogens is 350 g/mol. The van der Waals surface area contributed by atoms with Gasteiger partial charge in [-0.2, -0.15) is 0 Å². The second kappa shape index (κ2) is 6.12. The topological polar surface area (TPSA) is 79.3 Å². The van der Waals surface area contributed by atoms with Crippen molar-refractivity contribution in [2.45, 2.75) is 38.5 Å². The summed E-state index contributed by atoms with van der Waals surface area (Å²) in [6.07, 6.45) is 3.80. The van der Waals surface area contributed by atoms with Crippen molar-refractivity contribution in [1.29, 1.82) is 0 Å². The normalized spacial score (nSPS) is 22.7. The molecule has 4 heterocycles. The number of anilines is 1. The van der Waals surface area contributed by atoms with E-state index >= 15 is 0 Å². The first-order chi connectivity index (χ1) is 12.4. The Labute approximate surface area is 156 Å². The second-order valence-corrected chi connectivity index (χ2v) is 8.21. The maximum Gasteiger partial charge on any atom is 0.265 e. The number of hydrogen-bond donors (Lipinski definition) is 0. The number of likely N-dealkylation sites (tertiary alicyclic amines) is 1. The van der Waals surface area contributed by atoms with E-state index in [0.29, 0.717) is 23.7 Å². The summed E-state index contributed by atoms with van der Waals surface area (Å²) in [5, 5.41) is 0. The molecule has 1 saturated heterocycles. The van der Waals surface area contributed by atoms with E-state index in [4.69, 9.17) is 9.97 Å². The van der Waals surface area contributed by atoms with Crippen LogP contribution in [0.5, 0.6) is 0 Å². The molecule has 2 aliphatic heterocycles. The maximum atomic E-state index is 12.7. The van der Waals surface area contributed by atoms with Crippen LogP contribution in [0.15, 0.2) is 11.7 Å². The summed E-state index contributed by atoms with van der Waals surface area (Å²) in [7, 11) is 1.76. The number of hydrogen-bond acceptors (Lipinski definition) is 6. The molecule has 7 nitrogen and oxygen atoms in total. The summed E-state index contributed by atoms with van der Waals surface area (Å²) in [5.74, 6) is 1.50. The first-order valence-electron chi connectivity index (χ1n) is 8.71. The fourth-order valence-electron chi connectivity index (χ4n) is 3.80. The Morgan fingerprint density at radius 3 is 2.88 bits per heavy atom. The van der Waals surface area contributed by atoms with Gasteiger partial charge < -0.3 is 4.90 Å². The maximum absolute atomic E-state index is 12.7. The highest BCUT2D eigenvalue weighted by molar-refractivity contribution is 7.11. The lowest BCUT2D eigenvalue weighted by Gasteiger charge is -2.39. The summed E-state index contributed by atoms with van der Waals surface area (Å²) in [4.78, 5) is 42.4. The summed E-state index contributed by atoms with van der Waals surface area (Å²) in [6, 6.07) is 0. The summed E-state index contributed by atoms with van der Waals surface area (Å²) in [6.45, 7) is 5.34. The van der Waals surface area contributed by atoms with Crippen LogP contribution >= 0.6 is 11.3 Å². The van der Waals surface area contributed by atoms with Gasteiger partial charge in [-0.05, 0) is 19.8 Å². The minimum Gasteiger partial charge on any atom is -0.337 e. The van der Waals surface area contributed by atoms with Crippen molar-refractivity contribution < 1.29 is 9.59 Å². The number of aryl methyl sites for hydroxylation is 1. The largest absolute Gasteiger partial charge is 0.337 e. The molecule has 0 aromatic carbocycles. The molecule has 4 rings (SSSR count). The van der Waals surface area contributed by atoms with Gasteiger partial charge in [-0.25, -0.2) is 9.97 Å². The number of amides is 2. The van der Waals surface area contributed by atoms with E-state index in [1.54, 1.807) is 23.7 Å². The third-order valence-electron chi connectivity index (χ3n) is 5.38. The molecule has 2 amide bonds. The molecule has 2 aliphatic rings. The van der Waals surface area contributed by atoms with Gasteiger partial charge in [-0.1, -0.05) is 6.92 Å². The Hall–Kier alpha value is -2.35. The molecule has 136 valence electrons. The van der Waals surface area contributed by atoms with Crippen LogP contribution in [-0.2, 0) is 16.6 Å². The van der Waals surface area contributed by atoms with E-state index in [1.165, 1.54) is 11.3 Å². The number of piperidine rings is 1. The number of nitrogens with zero attached hydrogens (tertiary/aromatic N) is 5. The minimum atomic E-state index is -0.329. The SMILES string of the molecule is Cc1nc([C@]2(C)CCCN(C(=O)c3cncs3)C2)nc2c1CC(=O)N2C. The molecule has 8 heteroatoms. The highest BCUT2D eigenvalue weighted by Gasteiger charge is 2.39. The monoisotopic (exact) mass is 371 g/mol. The quantitative estimate of drug-likeness (QED) is 0.806. The van der Waals surface area contributed by atoms with Crippen LogP contribution in [0.25, 0.3) is 0 Å². The van der Waals surface area contributed by atoms with Crippen molar-refractivity contribution in [3.8, 4) is 0 Å². The molecule has 0 spiro atoms. The predicted octanol–water partition coefficient (Wildman–Crippen LogP) is 1.95. The Morgan fingerprint density at radius 1 is 1.35 bits per heavy atom. The molecule has 1 atom stereocenters. The molecule has 0 N–H and O–H groups in total. The lowest BCUT2D eigenvalue weighted by atomic mass is 9.80. The van der Waals surface area contributed by atoms with Gasteiger partial charge >= 0.3 is 0 Å². The Kier molecular flexibility index (Phi) is 4.02. The number of rotatable bonds is 2. The van der Waals surface area contributed by atoms with E-state index < -0.39 is 0 Å². The average Bonchev–Trinajstić information content (AvgIpc) is 3.25. The molecule has 2 aromatic heterocycles. The van der Waals surface area contributed by atoms with Gasteiger partial charge in [0.15, 0.2) is 0 Å². The zero-order valence-corrected chi connectivity index (χ0v) is 16.0. The van der Waals surface area contributed by atoms with Crippen LogP contribution in [0.1, 0.15) is 46.5 Å². The zero-order chi connectivity index (χ0) is 18.5. The number of carbonyl (C=O) groups excluding carboxylic acids is 2. The van der Waals surface area contributed by atoms with Gasteiger partial charge in [0.1, 0.15) is 16.5 Å². The molecule has 26 heavy (non-hydrogen) atoms. The van der Waals surface area contributed by atoms with Crippen LogP contribution in [0.3, 0.4) is 0 Å². The number of likely N-dealkylation sites (N-methyl/N-ethyl adjacent to an activating group) is 1. The van der Waals surface area contributed by atoms with Gasteiger partial charge in [-0.3, -0.25) is 19.5 Å². The van der Waals surface area contributed by atoms with Crippen LogP contribution < -0.4 is 4.90 Å². The van der Waals surface area contributed by atoms with Gasteiger partial charge in [0.2, 0.25) is 5.91 Å². The molecule has 0 saturated carbocycles. The highest BCUT2D eigenvalue weighted by Crippen LogP contribution is 2.36. The van der Waals surface area contributed by atoms with Gasteiger partial charge in [0.25, 0.3) is 5.91 Å². The zero-order valence-electron chi connectivity index (χ0n) is 15.2. The first kappa shape index (κ1) is 17.1. The Balaban J connectivity index is 1.66. The third-order valence-corrected chi connectivity index (χ3v) is 6.14. The fraction of sp³-hybridized carbons (Fsp3) is 0.500. The highest BCUT2D eigenvalue weighted by atomic mass is 32.1. The Bertz CT molecular complexity index is 882. The van der Waals surface area contributed by atoms with Crippen molar-refractivity contribution in [3.63, 3.8) is 0 Å². The lowest BCUT2D eigenvalue weighted by molar-refractivity contribution is -0.117. The summed E-state index contributed by atoms with van der Waals surface area (Å²) in [5.41, 5.74) is 3.12. The fourth-order valence-corrected chi connectivity index (χ4v) is 4.38. The minimum absolute atomic E-state index is 0.0172. The molecule has 0 aliphatic carbocycles. The number of fused-ring (bicyclic) bond motifs is 1. The predicted molar refractivity (Wildman–Crippen MR) is 98.5 cm³/mol. The lowest BCUT2D eigenvalue weighted by Crippen LogP contribution is -2.47. The standard InChI is InChI=1S/C18H21N5O2S/c1-11-12-7-14(24)22(3)15(12)21-17(20-11)18(2)5-4-6-23(9-18)16(25)13-8-19-10-26-13/h8,10H,4-7,9H2,1-3H3/t18-/m1/s1. The van der Waals surface area contributed by atoms with E-state index in [0.717, 1.165) is 36.5 Å². The summed E-state index contributed by atoms with van der Waals surface area (Å²) >= 11 is 1.36. The van der Waals surface area contributed by atoms with Crippen molar-refractivity contribution in [2.75, 3.05) is 25.0 Å². The van der Waals surface area contributed by atoms with Crippen molar-refractivity contribution in [3.05, 3.63) is 33.7 Å². The van der Waals surface area contributed by atoms with Crippen molar-refractivity contribution in [2.24, 2.45) is 0 Å². The molecule has 2 aromatic rings. The average molecular weight is 371 g/mol. The molecular formula is C18H21N5O2S. The smallest absolute Gasteiger partial charge is 0.265 e. The molecule has 0 radical (unpaired) electrons. The Morgan fingerprint density at radius 2 is 2.15 bits per heavy atom. The number of aromatic nitrogens is 3. The first-order valence-corrected chi connectivity index (χ1v) is 9.59. The van der Waals surface area contributed by atoms with Crippen LogP contribution in [-0.4, -0.2) is 51.8 Å². The molecule has 0 unspecified atom stereocenters. The van der Waals surface area contributed by atoms with Gasteiger partial charge in [-0.15, -0.1) is 11.3 Å². The molecule has 1 fully saturated rings. The van der Waals surface area contributed by atoms with Gasteiger partial charge in [0, 0.05) is 36.8 Å². The summed E-state index contributed by atoms with van der Waals surface area (Å²) < 4.78 is 0.